The number of H-pyrrole nitrogens is 1. The van der Waals surface area contributed by atoms with E-state index in [2.05, 4.69) is 22.1 Å². The molecule has 0 aliphatic carbocycles. The summed E-state index contributed by atoms with van der Waals surface area (Å²) in [4.78, 5) is 22.3. The molecule has 0 radical (unpaired) electrons. The molecule has 1 aliphatic heterocycles. The van der Waals surface area contributed by atoms with Gasteiger partial charge in [-0.2, -0.15) is 9.57 Å². The predicted octanol–water partition coefficient (Wildman–Crippen LogP) is 2.81. The van der Waals surface area contributed by atoms with Crippen molar-refractivity contribution in [3.05, 3.63) is 77.1 Å². The van der Waals surface area contributed by atoms with Gasteiger partial charge < -0.3 is 9.88 Å². The van der Waals surface area contributed by atoms with Gasteiger partial charge in [0.05, 0.1) is 21.9 Å². The molecule has 3 aromatic rings. The smallest absolute Gasteiger partial charge is 0.244 e. The summed E-state index contributed by atoms with van der Waals surface area (Å²) < 4.78 is 27.3. The van der Waals surface area contributed by atoms with Crippen LogP contribution in [0.5, 0.6) is 0 Å². The largest absolute Gasteiger partial charge is 0.339 e. The van der Waals surface area contributed by atoms with Crippen molar-refractivity contribution in [3.8, 4) is 6.07 Å². The van der Waals surface area contributed by atoms with E-state index in [1.54, 1.807) is 17.0 Å². The normalized spacial score (nSPS) is 14.6. The Bertz CT molecular complexity index is 1310. The molecule has 1 saturated heterocycles. The van der Waals surface area contributed by atoms with Gasteiger partial charge >= 0.3 is 0 Å². The molecule has 1 aromatic heterocycles. The van der Waals surface area contributed by atoms with Crippen molar-refractivity contribution in [2.45, 2.75) is 23.4 Å². The van der Waals surface area contributed by atoms with E-state index in [0.717, 1.165) is 17.8 Å². The van der Waals surface area contributed by atoms with Crippen LogP contribution in [0.15, 0.2) is 64.6 Å². The molecule has 1 N–H and O–H groups in total. The Hall–Kier alpha value is -3.13. The molecule has 2 heterocycles. The maximum Gasteiger partial charge on any atom is 0.244 e. The lowest BCUT2D eigenvalue weighted by atomic mass is 10.1. The summed E-state index contributed by atoms with van der Waals surface area (Å²) in [5.74, 6) is 0.167. The Kier molecular flexibility index (Phi) is 7.36. The molecule has 1 fully saturated rings. The number of aromatic nitrogens is 2. The van der Waals surface area contributed by atoms with Gasteiger partial charge in [0.1, 0.15) is 6.07 Å². The first-order chi connectivity index (χ1) is 16.4. The SMILES string of the molecule is Cc1[nH]c(SCC(=O)N2CCN(S(=O)(=O)c3ccccc3C#N)CC2)nc1Cc1ccccc1. The Morgan fingerprint density at radius 2 is 1.76 bits per heavy atom. The second kappa shape index (κ2) is 10.4. The molecule has 4 rings (SSSR count). The summed E-state index contributed by atoms with van der Waals surface area (Å²) in [5.41, 5.74) is 3.24. The van der Waals surface area contributed by atoms with Gasteiger partial charge in [0.2, 0.25) is 15.9 Å². The van der Waals surface area contributed by atoms with Crippen molar-refractivity contribution in [1.29, 1.82) is 5.26 Å². The number of sulfonamides is 1. The Balaban J connectivity index is 1.31. The molecular formula is C24H25N5O3S2. The maximum atomic E-state index is 13.0. The van der Waals surface area contributed by atoms with E-state index in [1.165, 1.54) is 33.8 Å². The van der Waals surface area contributed by atoms with Crippen molar-refractivity contribution in [2.24, 2.45) is 0 Å². The number of rotatable bonds is 7. The van der Waals surface area contributed by atoms with Gasteiger partial charge in [-0.3, -0.25) is 4.79 Å². The molecule has 34 heavy (non-hydrogen) atoms. The number of carbonyl (C=O) groups excluding carboxylic acids is 1. The Morgan fingerprint density at radius 3 is 2.47 bits per heavy atom. The average Bonchev–Trinajstić information content (AvgIpc) is 3.22. The van der Waals surface area contributed by atoms with Crippen LogP contribution in [-0.2, 0) is 21.2 Å². The van der Waals surface area contributed by atoms with E-state index >= 15 is 0 Å². The van der Waals surface area contributed by atoms with Crippen molar-refractivity contribution in [3.63, 3.8) is 0 Å². The summed E-state index contributed by atoms with van der Waals surface area (Å²) in [5, 5.41) is 9.94. The number of benzene rings is 2. The second-order valence-corrected chi connectivity index (χ2v) is 10.8. The minimum atomic E-state index is -3.78. The predicted molar refractivity (Wildman–Crippen MR) is 130 cm³/mol. The van der Waals surface area contributed by atoms with Crippen molar-refractivity contribution < 1.29 is 13.2 Å². The zero-order chi connectivity index (χ0) is 24.1. The van der Waals surface area contributed by atoms with E-state index in [-0.39, 0.29) is 35.2 Å². The third-order valence-corrected chi connectivity index (χ3v) is 8.54. The number of hydrogen-bond acceptors (Lipinski definition) is 6. The molecule has 0 bridgehead atoms. The van der Waals surface area contributed by atoms with Gasteiger partial charge in [0, 0.05) is 38.3 Å². The Labute approximate surface area is 203 Å². The first-order valence-electron chi connectivity index (χ1n) is 10.9. The molecule has 0 unspecified atom stereocenters. The zero-order valence-corrected chi connectivity index (χ0v) is 20.4. The van der Waals surface area contributed by atoms with Gasteiger partial charge in [-0.05, 0) is 24.6 Å². The monoisotopic (exact) mass is 495 g/mol. The number of nitrogens with one attached hydrogen (secondary N) is 1. The van der Waals surface area contributed by atoms with E-state index in [9.17, 15) is 18.5 Å². The number of nitrogens with zero attached hydrogens (tertiary/aromatic N) is 4. The topological polar surface area (TPSA) is 110 Å². The van der Waals surface area contributed by atoms with Gasteiger partial charge in [0.15, 0.2) is 5.16 Å². The lowest BCUT2D eigenvalue weighted by molar-refractivity contribution is -0.129. The Morgan fingerprint density at radius 1 is 1.09 bits per heavy atom. The molecule has 0 spiro atoms. The van der Waals surface area contributed by atoms with Gasteiger partial charge in [-0.25, -0.2) is 13.4 Å². The minimum absolute atomic E-state index is 0.00679. The number of amides is 1. The van der Waals surface area contributed by atoms with Crippen LogP contribution < -0.4 is 0 Å². The minimum Gasteiger partial charge on any atom is -0.339 e. The molecule has 2 aromatic carbocycles. The number of aryl methyl sites for hydroxylation is 1. The highest BCUT2D eigenvalue weighted by atomic mass is 32.2. The highest BCUT2D eigenvalue weighted by Gasteiger charge is 2.31. The lowest BCUT2D eigenvalue weighted by Gasteiger charge is -2.34. The van der Waals surface area contributed by atoms with Crippen LogP contribution >= 0.6 is 11.8 Å². The quantitative estimate of drug-likeness (QED) is 0.505. The van der Waals surface area contributed by atoms with E-state index < -0.39 is 10.0 Å². The number of carbonyl (C=O) groups is 1. The van der Waals surface area contributed by atoms with Crippen LogP contribution in [-0.4, -0.2) is 65.4 Å². The molecule has 8 nitrogen and oxygen atoms in total. The molecule has 1 aliphatic rings. The third kappa shape index (κ3) is 5.33. The third-order valence-electron chi connectivity index (χ3n) is 5.73. The second-order valence-electron chi connectivity index (χ2n) is 7.96. The van der Waals surface area contributed by atoms with Crippen LogP contribution in [0.25, 0.3) is 0 Å². The number of hydrogen-bond donors (Lipinski definition) is 1. The number of nitriles is 1. The van der Waals surface area contributed by atoms with Crippen molar-refractivity contribution in [1.82, 2.24) is 19.2 Å². The summed E-state index contributed by atoms with van der Waals surface area (Å²) in [7, 11) is -3.78. The number of piperazine rings is 1. The number of thioether (sulfide) groups is 1. The lowest BCUT2D eigenvalue weighted by Crippen LogP contribution is -2.51. The standard InChI is InChI=1S/C24H25N5O3S2/c1-18-21(15-19-7-3-2-4-8-19)27-24(26-18)33-17-23(30)28-11-13-29(14-12-28)34(31,32)22-10-6-5-9-20(22)16-25/h2-10H,11-15,17H2,1H3,(H,26,27). The molecule has 0 saturated carbocycles. The first kappa shape index (κ1) is 24.0. The average molecular weight is 496 g/mol. The first-order valence-corrected chi connectivity index (χ1v) is 13.3. The highest BCUT2D eigenvalue weighted by molar-refractivity contribution is 7.99. The van der Waals surface area contributed by atoms with Gasteiger partial charge in [-0.15, -0.1) is 0 Å². The van der Waals surface area contributed by atoms with Crippen LogP contribution in [0.2, 0.25) is 0 Å². The van der Waals surface area contributed by atoms with Crippen LogP contribution in [0.1, 0.15) is 22.5 Å². The molecule has 10 heteroatoms. The summed E-state index contributed by atoms with van der Waals surface area (Å²) in [6.07, 6.45) is 0.725. The highest BCUT2D eigenvalue weighted by Crippen LogP contribution is 2.23. The molecular weight excluding hydrogens is 470 g/mol. The summed E-state index contributed by atoms with van der Waals surface area (Å²) >= 11 is 1.35. The van der Waals surface area contributed by atoms with Gasteiger partial charge in [-0.1, -0.05) is 54.2 Å². The van der Waals surface area contributed by atoms with Crippen LogP contribution in [0, 0.1) is 18.3 Å². The van der Waals surface area contributed by atoms with Crippen LogP contribution in [0.3, 0.4) is 0 Å². The zero-order valence-electron chi connectivity index (χ0n) is 18.8. The fourth-order valence-corrected chi connectivity index (χ4v) is 6.23. The summed E-state index contributed by atoms with van der Waals surface area (Å²) in [6, 6.07) is 18.2. The van der Waals surface area contributed by atoms with E-state index in [4.69, 9.17) is 0 Å². The van der Waals surface area contributed by atoms with Crippen molar-refractivity contribution in [2.75, 3.05) is 31.9 Å². The fraction of sp³-hybridized carbons (Fsp3) is 0.292. The fourth-order valence-electron chi connectivity index (χ4n) is 3.82. The maximum absolute atomic E-state index is 13.0. The molecule has 0 atom stereocenters. The summed E-state index contributed by atoms with van der Waals surface area (Å²) in [6.45, 7) is 2.98. The number of aromatic amines is 1. The van der Waals surface area contributed by atoms with E-state index in [1.807, 2.05) is 31.2 Å². The molecule has 176 valence electrons. The van der Waals surface area contributed by atoms with Crippen LogP contribution in [0.4, 0.5) is 0 Å². The van der Waals surface area contributed by atoms with Gasteiger partial charge in [0.25, 0.3) is 0 Å². The van der Waals surface area contributed by atoms with Crippen molar-refractivity contribution >= 4 is 27.7 Å². The molecule has 1 amide bonds. The number of imidazole rings is 1. The van der Waals surface area contributed by atoms with E-state index in [0.29, 0.717) is 18.2 Å².